The van der Waals surface area contributed by atoms with Crippen LogP contribution < -0.4 is 10.3 Å². The lowest BCUT2D eigenvalue weighted by Gasteiger charge is -2.16. The first-order valence-electron chi connectivity index (χ1n) is 9.49. The summed E-state index contributed by atoms with van der Waals surface area (Å²) in [6, 6.07) is 14.4. The van der Waals surface area contributed by atoms with E-state index in [0.29, 0.717) is 33.8 Å². The molecule has 0 spiro atoms. The van der Waals surface area contributed by atoms with Crippen LogP contribution in [0.4, 0.5) is 4.39 Å². The second kappa shape index (κ2) is 8.02. The lowest BCUT2D eigenvalue weighted by Crippen LogP contribution is -2.21. The largest absolute Gasteiger partial charge is 0.497 e. The molecule has 0 saturated heterocycles. The van der Waals surface area contributed by atoms with Crippen molar-refractivity contribution in [3.8, 4) is 22.6 Å². The zero-order chi connectivity index (χ0) is 22.1. The molecule has 2 heterocycles. The van der Waals surface area contributed by atoms with Gasteiger partial charge >= 0.3 is 5.97 Å². The number of benzene rings is 2. The minimum atomic E-state index is -0.599. The van der Waals surface area contributed by atoms with Gasteiger partial charge in [0.25, 0.3) is 5.56 Å². The summed E-state index contributed by atoms with van der Waals surface area (Å²) in [7, 11) is 2.83. The number of pyridine rings is 2. The highest BCUT2D eigenvalue weighted by molar-refractivity contribution is 6.07. The molecule has 0 aliphatic carbocycles. The van der Waals surface area contributed by atoms with Crippen molar-refractivity contribution in [3.63, 3.8) is 0 Å². The molecule has 0 atom stereocenters. The van der Waals surface area contributed by atoms with Crippen molar-refractivity contribution < 1.29 is 18.7 Å². The maximum atomic E-state index is 13.8. The van der Waals surface area contributed by atoms with Crippen molar-refractivity contribution in [3.05, 3.63) is 88.2 Å². The molecule has 0 bridgehead atoms. The van der Waals surface area contributed by atoms with E-state index in [9.17, 15) is 14.0 Å². The van der Waals surface area contributed by atoms with Gasteiger partial charge in [0, 0.05) is 11.8 Å². The fraction of sp³-hybridized carbons (Fsp3) is 0.125. The fourth-order valence-corrected chi connectivity index (χ4v) is 3.62. The number of hydrogen-bond acceptors (Lipinski definition) is 5. The van der Waals surface area contributed by atoms with Crippen molar-refractivity contribution >= 4 is 16.9 Å². The summed E-state index contributed by atoms with van der Waals surface area (Å²) in [5, 5.41) is 0.239. The molecule has 4 aromatic rings. The molecule has 2 aromatic carbocycles. The smallest absolute Gasteiger partial charge is 0.340 e. The van der Waals surface area contributed by atoms with Gasteiger partial charge in [-0.1, -0.05) is 18.2 Å². The predicted molar refractivity (Wildman–Crippen MR) is 115 cm³/mol. The van der Waals surface area contributed by atoms with Crippen molar-refractivity contribution in [2.24, 2.45) is 0 Å². The van der Waals surface area contributed by atoms with Crippen LogP contribution in [0.1, 0.15) is 16.1 Å². The van der Waals surface area contributed by atoms with E-state index < -0.39 is 17.3 Å². The van der Waals surface area contributed by atoms with E-state index in [1.165, 1.54) is 29.9 Å². The number of fused-ring (bicyclic) bond motifs is 1. The molecular formula is C24H19FN2O4. The molecule has 0 N–H and O–H groups in total. The Hall–Kier alpha value is -4.00. The first kappa shape index (κ1) is 20.3. The van der Waals surface area contributed by atoms with Gasteiger partial charge in [0.2, 0.25) is 0 Å². The van der Waals surface area contributed by atoms with Crippen LogP contribution in [-0.4, -0.2) is 29.7 Å². The zero-order valence-electron chi connectivity index (χ0n) is 17.2. The van der Waals surface area contributed by atoms with Gasteiger partial charge in [0.1, 0.15) is 11.6 Å². The first-order valence-corrected chi connectivity index (χ1v) is 9.49. The van der Waals surface area contributed by atoms with Crippen molar-refractivity contribution in [2.45, 2.75) is 6.92 Å². The highest BCUT2D eigenvalue weighted by atomic mass is 19.1. The van der Waals surface area contributed by atoms with Crippen LogP contribution in [0, 0.1) is 12.7 Å². The average molecular weight is 418 g/mol. The number of aromatic nitrogens is 2. The maximum Gasteiger partial charge on any atom is 0.340 e. The number of methoxy groups -OCH3 is 2. The Labute approximate surface area is 177 Å². The third-order valence-electron chi connectivity index (χ3n) is 5.07. The Kier molecular flexibility index (Phi) is 5.25. The van der Waals surface area contributed by atoms with Crippen LogP contribution >= 0.6 is 0 Å². The van der Waals surface area contributed by atoms with E-state index in [2.05, 4.69) is 4.98 Å². The van der Waals surface area contributed by atoms with Crippen LogP contribution in [0.15, 0.2) is 65.6 Å². The average Bonchev–Trinajstić information content (AvgIpc) is 2.78. The lowest BCUT2D eigenvalue weighted by molar-refractivity contribution is 0.0600. The minimum absolute atomic E-state index is 0.203. The Balaban J connectivity index is 2.12. The van der Waals surface area contributed by atoms with Crippen LogP contribution in [0.3, 0.4) is 0 Å². The van der Waals surface area contributed by atoms with Crippen molar-refractivity contribution in [2.75, 3.05) is 14.2 Å². The molecule has 0 radical (unpaired) electrons. The first-order chi connectivity index (χ1) is 14.9. The Bertz CT molecular complexity index is 1360. The van der Waals surface area contributed by atoms with E-state index in [1.807, 2.05) is 0 Å². The Morgan fingerprint density at radius 1 is 1.06 bits per heavy atom. The molecule has 7 heteroatoms. The molecule has 0 amide bonds. The SMILES string of the molecule is COC(=O)c1c(C)nc2ccn(-c3cccc(F)c3)c(=O)c2c1-c1ccc(OC)cc1. The van der Waals surface area contributed by atoms with Crippen LogP contribution in [0.2, 0.25) is 0 Å². The monoisotopic (exact) mass is 418 g/mol. The van der Waals surface area contributed by atoms with E-state index in [4.69, 9.17) is 9.47 Å². The second-order valence-electron chi connectivity index (χ2n) is 6.90. The number of hydrogen-bond donors (Lipinski definition) is 0. The third kappa shape index (κ3) is 3.54. The van der Waals surface area contributed by atoms with E-state index in [1.54, 1.807) is 56.6 Å². The summed E-state index contributed by atoms with van der Waals surface area (Å²) in [5.41, 5.74) is 2.05. The highest BCUT2D eigenvalue weighted by Gasteiger charge is 2.23. The number of esters is 1. The number of nitrogens with zero attached hydrogens (tertiary/aromatic N) is 2. The van der Waals surface area contributed by atoms with Gasteiger partial charge in [-0.15, -0.1) is 0 Å². The molecule has 0 aliphatic rings. The van der Waals surface area contributed by atoms with Crippen molar-refractivity contribution in [1.29, 1.82) is 0 Å². The van der Waals surface area contributed by atoms with Gasteiger partial charge in [-0.3, -0.25) is 14.3 Å². The number of rotatable bonds is 4. The normalized spacial score (nSPS) is 10.8. The summed E-state index contributed by atoms with van der Waals surface area (Å²) in [6.07, 6.45) is 1.54. The molecule has 4 rings (SSSR count). The molecular weight excluding hydrogens is 399 g/mol. The quantitative estimate of drug-likeness (QED) is 0.462. The van der Waals surface area contributed by atoms with Crippen molar-refractivity contribution in [1.82, 2.24) is 9.55 Å². The third-order valence-corrected chi connectivity index (χ3v) is 5.07. The highest BCUT2D eigenvalue weighted by Crippen LogP contribution is 2.33. The van der Waals surface area contributed by atoms with E-state index in [0.717, 1.165) is 0 Å². The number of aryl methyl sites for hydroxylation is 1. The summed E-state index contributed by atoms with van der Waals surface area (Å²) in [6.45, 7) is 1.69. The lowest BCUT2D eigenvalue weighted by atomic mass is 9.95. The topological polar surface area (TPSA) is 70.4 Å². The van der Waals surface area contributed by atoms with Gasteiger partial charge in [0.05, 0.1) is 42.1 Å². The van der Waals surface area contributed by atoms with Crippen LogP contribution in [-0.2, 0) is 4.74 Å². The van der Waals surface area contributed by atoms with E-state index >= 15 is 0 Å². The molecule has 0 fully saturated rings. The Morgan fingerprint density at radius 3 is 2.45 bits per heavy atom. The number of halogens is 1. The minimum Gasteiger partial charge on any atom is -0.497 e. The summed E-state index contributed by atoms with van der Waals surface area (Å²) in [4.78, 5) is 30.7. The van der Waals surface area contributed by atoms with Gasteiger partial charge in [-0.05, 0) is 48.9 Å². The molecule has 0 aliphatic heterocycles. The summed E-state index contributed by atoms with van der Waals surface area (Å²) < 4.78 is 25.3. The van der Waals surface area contributed by atoms with Gasteiger partial charge in [0.15, 0.2) is 0 Å². The maximum absolute atomic E-state index is 13.8. The van der Waals surface area contributed by atoms with Gasteiger partial charge < -0.3 is 9.47 Å². The molecule has 0 saturated carbocycles. The molecule has 156 valence electrons. The van der Waals surface area contributed by atoms with Crippen LogP contribution in [0.5, 0.6) is 5.75 Å². The van der Waals surface area contributed by atoms with Gasteiger partial charge in [-0.25, -0.2) is 9.18 Å². The molecule has 0 unspecified atom stereocenters. The Morgan fingerprint density at radius 2 is 1.81 bits per heavy atom. The molecule has 6 nitrogen and oxygen atoms in total. The van der Waals surface area contributed by atoms with Gasteiger partial charge in [-0.2, -0.15) is 0 Å². The fourth-order valence-electron chi connectivity index (χ4n) is 3.62. The molecule has 2 aromatic heterocycles. The summed E-state index contributed by atoms with van der Waals surface area (Å²) in [5.74, 6) is -0.425. The van der Waals surface area contributed by atoms with Crippen LogP contribution in [0.25, 0.3) is 27.7 Å². The second-order valence-corrected chi connectivity index (χ2v) is 6.90. The molecule has 31 heavy (non-hydrogen) atoms. The zero-order valence-corrected chi connectivity index (χ0v) is 17.2. The number of carbonyl (C=O) groups is 1. The van der Waals surface area contributed by atoms with E-state index in [-0.39, 0.29) is 10.9 Å². The summed E-state index contributed by atoms with van der Waals surface area (Å²) >= 11 is 0. The predicted octanol–water partition coefficient (Wildman–Crippen LogP) is 4.30. The number of carbonyl (C=O) groups excluding carboxylic acids is 1. The number of ether oxygens (including phenoxy) is 2. The standard InChI is InChI=1S/C24H19FN2O4/c1-14-20(24(29)31-3)21(15-7-9-18(30-2)10-8-15)22-19(26-14)11-12-27(23(22)28)17-6-4-5-16(25)13-17/h4-13H,1-3H3.